The molecule has 3 nitrogen and oxygen atoms in total. The van der Waals surface area contributed by atoms with Crippen molar-refractivity contribution in [3.63, 3.8) is 0 Å². The Balaban J connectivity index is 2.46. The summed E-state index contributed by atoms with van der Waals surface area (Å²) in [5, 5.41) is 8.79. The minimum atomic E-state index is 0.752. The summed E-state index contributed by atoms with van der Waals surface area (Å²) in [5.41, 5.74) is 7.26. The van der Waals surface area contributed by atoms with Crippen LogP contribution in [0.25, 0.3) is 0 Å². The van der Waals surface area contributed by atoms with Crippen LogP contribution >= 0.6 is 0 Å². The summed E-state index contributed by atoms with van der Waals surface area (Å²) in [5.74, 6) is 0. The summed E-state index contributed by atoms with van der Waals surface area (Å²) in [6.07, 6.45) is 3.27. The van der Waals surface area contributed by atoms with Gasteiger partial charge in [0.05, 0.1) is 11.6 Å². The van der Waals surface area contributed by atoms with Gasteiger partial charge < -0.3 is 5.73 Å². The lowest BCUT2D eigenvalue weighted by Gasteiger charge is -2.26. The van der Waals surface area contributed by atoms with Crippen molar-refractivity contribution in [2.24, 2.45) is 5.73 Å². The Hall–Kier alpha value is -1.01. The first-order chi connectivity index (χ1) is 6.27. The lowest BCUT2D eigenvalue weighted by Crippen LogP contribution is -2.33. The monoisotopic (exact) mass is 179 g/mol. The van der Waals surface area contributed by atoms with E-state index < -0.39 is 0 Å². The zero-order chi connectivity index (χ0) is 9.68. The third-order valence-corrected chi connectivity index (χ3v) is 2.43. The molecule has 0 radical (unpaired) electrons. The van der Waals surface area contributed by atoms with Crippen LogP contribution in [0.15, 0.2) is 11.3 Å². The highest BCUT2D eigenvalue weighted by Crippen LogP contribution is 2.13. The third-order valence-electron chi connectivity index (χ3n) is 2.43. The fourth-order valence-electron chi connectivity index (χ4n) is 1.51. The van der Waals surface area contributed by atoms with Gasteiger partial charge in [0, 0.05) is 25.2 Å². The van der Waals surface area contributed by atoms with Crippen molar-refractivity contribution in [1.82, 2.24) is 4.90 Å². The fraction of sp³-hybridized carbons (Fsp3) is 0.700. The maximum atomic E-state index is 8.79. The second kappa shape index (κ2) is 4.88. The standard InChI is InChI=1S/C10H17N3/c1-2-3-5-13-6-4-10(12)9(7-11)8-13/h2-6,8,12H2,1H3. The van der Waals surface area contributed by atoms with Crippen LogP contribution < -0.4 is 5.73 Å². The van der Waals surface area contributed by atoms with Gasteiger partial charge in [0.25, 0.3) is 0 Å². The van der Waals surface area contributed by atoms with Crippen LogP contribution in [0.2, 0.25) is 0 Å². The van der Waals surface area contributed by atoms with E-state index >= 15 is 0 Å². The van der Waals surface area contributed by atoms with E-state index in [1.54, 1.807) is 0 Å². The molecule has 0 aromatic rings. The second-order valence-corrected chi connectivity index (χ2v) is 3.50. The van der Waals surface area contributed by atoms with Crippen molar-refractivity contribution in [3.8, 4) is 6.07 Å². The molecule has 0 fully saturated rings. The molecule has 2 N–H and O–H groups in total. The first kappa shape index (κ1) is 10.1. The van der Waals surface area contributed by atoms with Crippen molar-refractivity contribution in [1.29, 1.82) is 5.26 Å². The quantitative estimate of drug-likeness (QED) is 0.709. The summed E-state index contributed by atoms with van der Waals surface area (Å²) >= 11 is 0. The van der Waals surface area contributed by atoms with E-state index in [1.165, 1.54) is 12.8 Å². The van der Waals surface area contributed by atoms with Crippen molar-refractivity contribution in [2.45, 2.75) is 26.2 Å². The van der Waals surface area contributed by atoms with Gasteiger partial charge in [-0.15, -0.1) is 0 Å². The summed E-state index contributed by atoms with van der Waals surface area (Å²) in [6, 6.07) is 2.17. The molecule has 1 rings (SSSR count). The van der Waals surface area contributed by atoms with Gasteiger partial charge in [0.15, 0.2) is 0 Å². The molecule has 0 aliphatic carbocycles. The Morgan fingerprint density at radius 3 is 3.00 bits per heavy atom. The van der Waals surface area contributed by atoms with Crippen molar-refractivity contribution >= 4 is 0 Å². The molecule has 1 aliphatic rings. The predicted octanol–water partition coefficient (Wildman–Crippen LogP) is 1.23. The maximum absolute atomic E-state index is 8.79. The van der Waals surface area contributed by atoms with Crippen LogP contribution in [0.1, 0.15) is 26.2 Å². The number of nitrogens with zero attached hydrogens (tertiary/aromatic N) is 2. The molecule has 1 heterocycles. The first-order valence-electron chi connectivity index (χ1n) is 4.88. The molecule has 0 saturated heterocycles. The van der Waals surface area contributed by atoms with Crippen molar-refractivity contribution in [3.05, 3.63) is 11.3 Å². The van der Waals surface area contributed by atoms with E-state index in [2.05, 4.69) is 17.9 Å². The minimum Gasteiger partial charge on any atom is -0.401 e. The Kier molecular flexibility index (Phi) is 3.78. The smallest absolute Gasteiger partial charge is 0.0979 e. The van der Waals surface area contributed by atoms with Crippen LogP contribution in [0.4, 0.5) is 0 Å². The molecule has 72 valence electrons. The van der Waals surface area contributed by atoms with Crippen LogP contribution in [0, 0.1) is 11.3 Å². The van der Waals surface area contributed by atoms with Crippen LogP contribution in [-0.4, -0.2) is 24.5 Å². The van der Waals surface area contributed by atoms with Crippen molar-refractivity contribution < 1.29 is 0 Å². The summed E-state index contributed by atoms with van der Waals surface area (Å²) in [6.45, 7) is 5.04. The minimum absolute atomic E-state index is 0.752. The van der Waals surface area contributed by atoms with E-state index in [4.69, 9.17) is 11.0 Å². The Labute approximate surface area is 79.8 Å². The molecule has 0 aromatic heterocycles. The number of nitriles is 1. The summed E-state index contributed by atoms with van der Waals surface area (Å²) < 4.78 is 0. The number of unbranched alkanes of at least 4 members (excludes halogenated alkanes) is 1. The number of hydrogen-bond donors (Lipinski definition) is 1. The average Bonchev–Trinajstić information content (AvgIpc) is 2.16. The van der Waals surface area contributed by atoms with E-state index in [1.807, 2.05) is 0 Å². The zero-order valence-electron chi connectivity index (χ0n) is 8.21. The highest BCUT2D eigenvalue weighted by Gasteiger charge is 2.15. The molecule has 0 saturated carbocycles. The van der Waals surface area contributed by atoms with E-state index in [0.717, 1.165) is 37.3 Å². The topological polar surface area (TPSA) is 53.0 Å². The SMILES string of the molecule is CCCCN1CCC(N)=C(C#N)C1. The van der Waals surface area contributed by atoms with E-state index in [0.29, 0.717) is 0 Å². The van der Waals surface area contributed by atoms with Gasteiger partial charge in [-0.1, -0.05) is 13.3 Å². The van der Waals surface area contributed by atoms with Gasteiger partial charge in [-0.3, -0.25) is 4.90 Å². The number of nitrogens with two attached hydrogens (primary N) is 1. The molecular weight excluding hydrogens is 162 g/mol. The molecule has 0 atom stereocenters. The number of hydrogen-bond acceptors (Lipinski definition) is 3. The molecular formula is C10H17N3. The molecule has 0 aromatic carbocycles. The zero-order valence-corrected chi connectivity index (χ0v) is 8.21. The lowest BCUT2D eigenvalue weighted by molar-refractivity contribution is 0.283. The number of rotatable bonds is 3. The van der Waals surface area contributed by atoms with Gasteiger partial charge in [0.1, 0.15) is 0 Å². The normalized spacial score (nSPS) is 18.8. The van der Waals surface area contributed by atoms with E-state index in [9.17, 15) is 0 Å². The lowest BCUT2D eigenvalue weighted by atomic mass is 10.1. The molecule has 0 amide bonds. The fourth-order valence-corrected chi connectivity index (χ4v) is 1.51. The summed E-state index contributed by atoms with van der Waals surface area (Å²) in [4.78, 5) is 2.30. The van der Waals surface area contributed by atoms with Gasteiger partial charge in [-0.25, -0.2) is 0 Å². The first-order valence-corrected chi connectivity index (χ1v) is 4.88. The van der Waals surface area contributed by atoms with Crippen LogP contribution in [-0.2, 0) is 0 Å². The van der Waals surface area contributed by atoms with E-state index in [-0.39, 0.29) is 0 Å². The van der Waals surface area contributed by atoms with Gasteiger partial charge in [-0.2, -0.15) is 5.26 Å². The second-order valence-electron chi connectivity index (χ2n) is 3.50. The Morgan fingerprint density at radius 2 is 2.38 bits per heavy atom. The Morgan fingerprint density at radius 1 is 1.62 bits per heavy atom. The average molecular weight is 179 g/mol. The third kappa shape index (κ3) is 2.74. The molecule has 0 bridgehead atoms. The van der Waals surface area contributed by atoms with Gasteiger partial charge in [0.2, 0.25) is 0 Å². The Bertz CT molecular complexity index is 237. The molecule has 13 heavy (non-hydrogen) atoms. The van der Waals surface area contributed by atoms with Gasteiger partial charge in [-0.05, 0) is 13.0 Å². The van der Waals surface area contributed by atoms with Gasteiger partial charge >= 0.3 is 0 Å². The van der Waals surface area contributed by atoms with Crippen LogP contribution in [0.5, 0.6) is 0 Å². The molecule has 0 spiro atoms. The summed E-state index contributed by atoms with van der Waals surface area (Å²) in [7, 11) is 0. The van der Waals surface area contributed by atoms with Crippen molar-refractivity contribution in [2.75, 3.05) is 19.6 Å². The van der Waals surface area contributed by atoms with Crippen LogP contribution in [0.3, 0.4) is 0 Å². The molecule has 3 heteroatoms. The molecule has 1 aliphatic heterocycles. The largest absolute Gasteiger partial charge is 0.401 e. The predicted molar refractivity (Wildman–Crippen MR) is 52.8 cm³/mol. The highest BCUT2D eigenvalue weighted by atomic mass is 15.1. The highest BCUT2D eigenvalue weighted by molar-refractivity contribution is 5.29. The maximum Gasteiger partial charge on any atom is 0.0979 e. The molecule has 0 unspecified atom stereocenters.